The van der Waals surface area contributed by atoms with Crippen LogP contribution in [0.3, 0.4) is 0 Å². The molecule has 0 spiro atoms. The van der Waals surface area contributed by atoms with Crippen LogP contribution in [-0.2, 0) is 10.0 Å². The number of methoxy groups -OCH3 is 1. The summed E-state index contributed by atoms with van der Waals surface area (Å²) in [5, 5.41) is 0. The van der Waals surface area contributed by atoms with Crippen molar-refractivity contribution >= 4 is 10.0 Å². The molecule has 1 aromatic carbocycles. The molecule has 5 heteroatoms. The summed E-state index contributed by atoms with van der Waals surface area (Å²) in [6, 6.07) is 3.43. The van der Waals surface area contributed by atoms with Crippen LogP contribution in [0.15, 0.2) is 17.0 Å². The minimum absolute atomic E-state index is 0.375. The highest BCUT2D eigenvalue weighted by molar-refractivity contribution is 7.89. The molecule has 0 saturated carbocycles. The number of hydrogen-bond acceptors (Lipinski definition) is 3. The zero-order valence-corrected chi connectivity index (χ0v) is 14.3. The summed E-state index contributed by atoms with van der Waals surface area (Å²) in [6.07, 6.45) is 1.09. The summed E-state index contributed by atoms with van der Waals surface area (Å²) in [7, 11) is -1.81. The molecule has 118 valence electrons. The van der Waals surface area contributed by atoms with Gasteiger partial charge in [0.2, 0.25) is 10.0 Å². The average Bonchev–Trinajstić information content (AvgIpc) is 2.37. The van der Waals surface area contributed by atoms with E-state index < -0.39 is 10.0 Å². The quantitative estimate of drug-likeness (QED) is 0.862. The Labute approximate surface area is 128 Å². The van der Waals surface area contributed by atoms with E-state index >= 15 is 0 Å². The van der Waals surface area contributed by atoms with Crippen LogP contribution >= 0.6 is 0 Å². The lowest BCUT2D eigenvalue weighted by molar-refractivity contribution is 0.222. The largest absolute Gasteiger partial charge is 0.496 e. The smallest absolute Gasteiger partial charge is 0.243 e. The molecule has 1 aliphatic rings. The van der Waals surface area contributed by atoms with E-state index in [2.05, 4.69) is 13.8 Å². The highest BCUT2D eigenvalue weighted by Gasteiger charge is 2.32. The average molecular weight is 311 g/mol. The summed E-state index contributed by atoms with van der Waals surface area (Å²) in [5.74, 6) is 1.57. The second kappa shape index (κ2) is 5.97. The first-order valence-electron chi connectivity index (χ1n) is 7.41. The van der Waals surface area contributed by atoms with E-state index in [1.54, 1.807) is 23.5 Å². The Morgan fingerprint density at radius 3 is 2.00 bits per heavy atom. The van der Waals surface area contributed by atoms with Crippen molar-refractivity contribution in [3.05, 3.63) is 23.3 Å². The Bertz CT molecular complexity index is 591. The third-order valence-electron chi connectivity index (χ3n) is 4.11. The third kappa shape index (κ3) is 3.24. The first-order valence-corrected chi connectivity index (χ1v) is 8.85. The molecule has 1 aliphatic heterocycles. The van der Waals surface area contributed by atoms with E-state index in [1.165, 1.54) is 0 Å². The van der Waals surface area contributed by atoms with Crippen LogP contribution in [-0.4, -0.2) is 32.9 Å². The maximum absolute atomic E-state index is 12.9. The van der Waals surface area contributed by atoms with Crippen LogP contribution in [0.25, 0.3) is 0 Å². The van der Waals surface area contributed by atoms with Gasteiger partial charge >= 0.3 is 0 Å². The van der Waals surface area contributed by atoms with Gasteiger partial charge < -0.3 is 4.74 Å². The van der Waals surface area contributed by atoms with Gasteiger partial charge in [-0.1, -0.05) is 13.8 Å². The molecule has 1 heterocycles. The molecule has 2 rings (SSSR count). The molecule has 4 nitrogen and oxygen atoms in total. The van der Waals surface area contributed by atoms with Gasteiger partial charge in [-0.15, -0.1) is 0 Å². The van der Waals surface area contributed by atoms with Crippen LogP contribution < -0.4 is 4.74 Å². The van der Waals surface area contributed by atoms with Crippen LogP contribution in [0.1, 0.15) is 31.4 Å². The van der Waals surface area contributed by atoms with E-state index in [0.717, 1.165) is 23.3 Å². The van der Waals surface area contributed by atoms with Gasteiger partial charge in [0.15, 0.2) is 0 Å². The van der Waals surface area contributed by atoms with Crippen molar-refractivity contribution in [3.8, 4) is 5.75 Å². The number of ether oxygens (including phenoxy) is 1. The van der Waals surface area contributed by atoms with Crippen molar-refractivity contribution in [2.24, 2.45) is 11.8 Å². The summed E-state index contributed by atoms with van der Waals surface area (Å²) in [5.41, 5.74) is 1.71. The molecule has 0 bridgehead atoms. The Balaban J connectivity index is 2.40. The van der Waals surface area contributed by atoms with Crippen LogP contribution in [0.2, 0.25) is 0 Å². The zero-order chi connectivity index (χ0) is 15.8. The molecule has 0 radical (unpaired) electrons. The first kappa shape index (κ1) is 16.3. The van der Waals surface area contributed by atoms with Gasteiger partial charge in [0, 0.05) is 13.1 Å². The standard InChI is InChI=1S/C16H25NO3S/c1-11-6-12(2)10-17(9-11)21(18,19)15-7-13(3)16(20-5)14(4)8-15/h7-8,11-12H,6,9-10H2,1-5H3/t11-,12+. The topological polar surface area (TPSA) is 46.6 Å². The summed E-state index contributed by atoms with van der Waals surface area (Å²) >= 11 is 0. The Morgan fingerprint density at radius 2 is 1.57 bits per heavy atom. The Kier molecular flexibility index (Phi) is 4.63. The molecule has 1 fully saturated rings. The highest BCUT2D eigenvalue weighted by atomic mass is 32.2. The molecular weight excluding hydrogens is 286 g/mol. The van der Waals surface area contributed by atoms with Gasteiger partial charge in [0.1, 0.15) is 5.75 Å². The van der Waals surface area contributed by atoms with Crippen LogP contribution in [0, 0.1) is 25.7 Å². The predicted molar refractivity (Wildman–Crippen MR) is 84.2 cm³/mol. The minimum Gasteiger partial charge on any atom is -0.496 e. The van der Waals surface area contributed by atoms with Crippen molar-refractivity contribution in [1.82, 2.24) is 4.31 Å². The van der Waals surface area contributed by atoms with Crippen LogP contribution in [0.4, 0.5) is 0 Å². The lowest BCUT2D eigenvalue weighted by Crippen LogP contribution is -2.42. The van der Waals surface area contributed by atoms with Gasteiger partial charge in [-0.05, 0) is 55.4 Å². The molecule has 0 unspecified atom stereocenters. The number of aryl methyl sites for hydroxylation is 2. The first-order chi connectivity index (χ1) is 9.75. The summed E-state index contributed by atoms with van der Waals surface area (Å²) in [4.78, 5) is 0.375. The lowest BCUT2D eigenvalue weighted by Gasteiger charge is -2.34. The maximum Gasteiger partial charge on any atom is 0.243 e. The van der Waals surface area contributed by atoms with E-state index in [-0.39, 0.29) is 0 Å². The van der Waals surface area contributed by atoms with Crippen molar-refractivity contribution in [3.63, 3.8) is 0 Å². The highest BCUT2D eigenvalue weighted by Crippen LogP contribution is 2.31. The van der Waals surface area contributed by atoms with E-state index in [4.69, 9.17) is 4.74 Å². The van der Waals surface area contributed by atoms with Crippen LogP contribution in [0.5, 0.6) is 5.75 Å². The fourth-order valence-corrected chi connectivity index (χ4v) is 5.18. The fourth-order valence-electron chi connectivity index (χ4n) is 3.33. The lowest BCUT2D eigenvalue weighted by atomic mass is 9.94. The molecule has 21 heavy (non-hydrogen) atoms. The number of benzene rings is 1. The minimum atomic E-state index is -3.42. The van der Waals surface area contributed by atoms with Crippen molar-refractivity contribution < 1.29 is 13.2 Å². The van der Waals surface area contributed by atoms with Gasteiger partial charge in [0.25, 0.3) is 0 Å². The summed E-state index contributed by atoms with van der Waals surface area (Å²) in [6.45, 7) is 9.21. The van der Waals surface area contributed by atoms with E-state index in [1.807, 2.05) is 13.8 Å². The molecular formula is C16H25NO3S. The van der Waals surface area contributed by atoms with Gasteiger partial charge in [0.05, 0.1) is 12.0 Å². The number of piperidine rings is 1. The molecule has 0 N–H and O–H groups in total. The zero-order valence-electron chi connectivity index (χ0n) is 13.5. The SMILES string of the molecule is COc1c(C)cc(S(=O)(=O)N2C[C@H](C)C[C@H](C)C2)cc1C. The Morgan fingerprint density at radius 1 is 1.10 bits per heavy atom. The van der Waals surface area contributed by atoms with Gasteiger partial charge in [-0.25, -0.2) is 8.42 Å². The second-order valence-electron chi connectivity index (χ2n) is 6.36. The molecule has 1 aromatic rings. The monoisotopic (exact) mass is 311 g/mol. The van der Waals surface area contributed by atoms with Crippen molar-refractivity contribution in [1.29, 1.82) is 0 Å². The van der Waals surface area contributed by atoms with E-state index in [0.29, 0.717) is 29.8 Å². The second-order valence-corrected chi connectivity index (χ2v) is 8.30. The Hall–Kier alpha value is -1.07. The number of hydrogen-bond donors (Lipinski definition) is 0. The van der Waals surface area contributed by atoms with Gasteiger partial charge in [-0.2, -0.15) is 4.31 Å². The van der Waals surface area contributed by atoms with Crippen molar-refractivity contribution in [2.45, 2.75) is 39.0 Å². The maximum atomic E-state index is 12.9. The predicted octanol–water partition coefficient (Wildman–Crippen LogP) is 2.98. The number of nitrogens with zero attached hydrogens (tertiary/aromatic N) is 1. The molecule has 1 saturated heterocycles. The number of sulfonamides is 1. The molecule has 0 aliphatic carbocycles. The molecule has 0 amide bonds. The normalized spacial score (nSPS) is 24.0. The molecule has 0 aromatic heterocycles. The van der Waals surface area contributed by atoms with Crippen molar-refractivity contribution in [2.75, 3.05) is 20.2 Å². The summed E-state index contributed by atoms with van der Waals surface area (Å²) < 4.78 is 32.7. The fraction of sp³-hybridized carbons (Fsp3) is 0.625. The molecule has 2 atom stereocenters. The van der Waals surface area contributed by atoms with Gasteiger partial charge in [-0.3, -0.25) is 0 Å². The number of rotatable bonds is 3. The third-order valence-corrected chi connectivity index (χ3v) is 5.92. The van der Waals surface area contributed by atoms with E-state index in [9.17, 15) is 8.42 Å².